The van der Waals surface area contributed by atoms with E-state index in [1.807, 2.05) is 30.3 Å². The lowest BCUT2D eigenvalue weighted by Crippen LogP contribution is -2.21. The lowest BCUT2D eigenvalue weighted by Gasteiger charge is -2.13. The largest absolute Gasteiger partial charge is 0.462 e. The Morgan fingerprint density at radius 3 is 2.59 bits per heavy atom. The van der Waals surface area contributed by atoms with Crippen molar-refractivity contribution in [3.05, 3.63) is 80.6 Å². The molecule has 0 saturated heterocycles. The molecule has 3 rings (SSSR count). The second-order valence-electron chi connectivity index (χ2n) is 6.98. The number of hydrogen-bond donors (Lipinski definition) is 1. The molecule has 5 heteroatoms. The Bertz CT molecular complexity index is 1010. The Morgan fingerprint density at radius 1 is 1.15 bits per heavy atom. The molecule has 0 bridgehead atoms. The lowest BCUT2D eigenvalue weighted by molar-refractivity contribution is 0.0489. The van der Waals surface area contributed by atoms with Crippen molar-refractivity contribution >= 4 is 28.5 Å². The molecule has 0 aliphatic heterocycles. The summed E-state index contributed by atoms with van der Waals surface area (Å²) >= 11 is 6.15. The first-order chi connectivity index (χ1) is 13.0. The lowest BCUT2D eigenvalue weighted by atomic mass is 9.97. The van der Waals surface area contributed by atoms with Crippen LogP contribution in [0.1, 0.15) is 41.8 Å². The number of nitrogens with one attached hydrogen (secondary N) is 1. The molecule has 2 aromatic carbocycles. The van der Waals surface area contributed by atoms with Crippen molar-refractivity contribution < 1.29 is 9.53 Å². The van der Waals surface area contributed by atoms with E-state index in [0.29, 0.717) is 46.0 Å². The highest BCUT2D eigenvalue weighted by molar-refractivity contribution is 6.31. The molecule has 140 valence electrons. The third-order valence-electron chi connectivity index (χ3n) is 4.43. The Balaban J connectivity index is 2.10. The highest BCUT2D eigenvalue weighted by atomic mass is 35.5. The van der Waals surface area contributed by atoms with Crippen LogP contribution in [0.3, 0.4) is 0 Å². The minimum absolute atomic E-state index is 0.288. The normalized spacial score (nSPS) is 11.1. The molecule has 1 heterocycles. The average molecular weight is 384 g/mol. The fourth-order valence-corrected chi connectivity index (χ4v) is 3.14. The van der Waals surface area contributed by atoms with E-state index in [1.165, 1.54) is 0 Å². The Labute approximate surface area is 163 Å². The number of benzene rings is 2. The predicted octanol–water partition coefficient (Wildman–Crippen LogP) is 4.98. The zero-order valence-electron chi connectivity index (χ0n) is 15.4. The smallest absolute Gasteiger partial charge is 0.339 e. The van der Waals surface area contributed by atoms with Gasteiger partial charge in [0, 0.05) is 27.9 Å². The molecule has 0 unspecified atom stereocenters. The number of ether oxygens (including phenoxy) is 1. The summed E-state index contributed by atoms with van der Waals surface area (Å²) in [6.07, 6.45) is 1.11. The molecule has 0 radical (unpaired) electrons. The quantitative estimate of drug-likeness (QED) is 0.611. The molecule has 27 heavy (non-hydrogen) atoms. The van der Waals surface area contributed by atoms with Crippen LogP contribution in [0.2, 0.25) is 5.02 Å². The number of halogens is 1. The first-order valence-corrected chi connectivity index (χ1v) is 9.39. The van der Waals surface area contributed by atoms with Gasteiger partial charge in [-0.1, -0.05) is 55.8 Å². The van der Waals surface area contributed by atoms with Gasteiger partial charge in [-0.3, -0.25) is 4.79 Å². The van der Waals surface area contributed by atoms with Crippen molar-refractivity contribution in [2.75, 3.05) is 6.61 Å². The highest BCUT2D eigenvalue weighted by Crippen LogP contribution is 2.25. The van der Waals surface area contributed by atoms with Gasteiger partial charge in [0.1, 0.15) is 0 Å². The maximum Gasteiger partial charge on any atom is 0.339 e. The maximum atomic E-state index is 12.9. The number of carbonyl (C=O) groups excluding carboxylic acids is 1. The third kappa shape index (κ3) is 4.58. The van der Waals surface area contributed by atoms with Crippen LogP contribution in [0.15, 0.2) is 53.3 Å². The van der Waals surface area contributed by atoms with Gasteiger partial charge >= 0.3 is 5.97 Å². The van der Waals surface area contributed by atoms with Gasteiger partial charge in [0.05, 0.1) is 12.2 Å². The van der Waals surface area contributed by atoms with Crippen LogP contribution < -0.4 is 5.56 Å². The SMILES string of the molecule is CC(C)CCOC(=O)c1c(Cc2ccccc2)c(=O)[nH]c2ccc(Cl)cc12. The van der Waals surface area contributed by atoms with Crippen LogP contribution in [0, 0.1) is 5.92 Å². The number of pyridine rings is 1. The van der Waals surface area contributed by atoms with Crippen molar-refractivity contribution in [2.45, 2.75) is 26.7 Å². The fraction of sp³-hybridized carbons (Fsp3) is 0.273. The van der Waals surface area contributed by atoms with Gasteiger partial charge in [-0.2, -0.15) is 0 Å². The fourth-order valence-electron chi connectivity index (χ4n) is 2.97. The average Bonchev–Trinajstić information content (AvgIpc) is 2.63. The van der Waals surface area contributed by atoms with Crippen molar-refractivity contribution in [3.8, 4) is 0 Å². The molecule has 4 nitrogen and oxygen atoms in total. The summed E-state index contributed by atoms with van der Waals surface area (Å²) in [4.78, 5) is 28.5. The summed E-state index contributed by atoms with van der Waals surface area (Å²) in [5.41, 5.74) is 1.91. The number of esters is 1. The van der Waals surface area contributed by atoms with E-state index >= 15 is 0 Å². The number of aromatic amines is 1. The third-order valence-corrected chi connectivity index (χ3v) is 4.67. The van der Waals surface area contributed by atoms with E-state index < -0.39 is 5.97 Å². The first-order valence-electron chi connectivity index (χ1n) is 9.01. The minimum atomic E-state index is -0.486. The van der Waals surface area contributed by atoms with E-state index in [9.17, 15) is 9.59 Å². The van der Waals surface area contributed by atoms with Crippen molar-refractivity contribution in [3.63, 3.8) is 0 Å². The van der Waals surface area contributed by atoms with Gasteiger partial charge in [-0.05, 0) is 36.1 Å². The number of rotatable bonds is 6. The second-order valence-corrected chi connectivity index (χ2v) is 7.41. The predicted molar refractivity (Wildman–Crippen MR) is 109 cm³/mol. The number of fused-ring (bicyclic) bond motifs is 1. The molecule has 0 aliphatic carbocycles. The van der Waals surface area contributed by atoms with Gasteiger partial charge in [0.2, 0.25) is 0 Å². The van der Waals surface area contributed by atoms with Gasteiger partial charge in [0.25, 0.3) is 5.56 Å². The molecular weight excluding hydrogens is 362 g/mol. The van der Waals surface area contributed by atoms with Crippen LogP contribution in [0.5, 0.6) is 0 Å². The van der Waals surface area contributed by atoms with E-state index in [0.717, 1.165) is 12.0 Å². The van der Waals surface area contributed by atoms with Gasteiger partial charge in [-0.15, -0.1) is 0 Å². The van der Waals surface area contributed by atoms with E-state index in [2.05, 4.69) is 18.8 Å². The van der Waals surface area contributed by atoms with E-state index in [-0.39, 0.29) is 5.56 Å². The molecule has 0 aliphatic rings. The molecule has 1 aromatic heterocycles. The monoisotopic (exact) mass is 383 g/mol. The first kappa shape index (κ1) is 19.2. The van der Waals surface area contributed by atoms with Crippen LogP contribution in [-0.4, -0.2) is 17.6 Å². The molecular formula is C22H22ClNO3. The highest BCUT2D eigenvalue weighted by Gasteiger charge is 2.21. The zero-order chi connectivity index (χ0) is 19.4. The number of hydrogen-bond acceptors (Lipinski definition) is 3. The second kappa shape index (κ2) is 8.40. The van der Waals surface area contributed by atoms with Crippen molar-refractivity contribution in [2.24, 2.45) is 5.92 Å². The standard InChI is InChI=1S/C22H22ClNO3/c1-14(2)10-11-27-22(26)20-17-13-16(23)8-9-19(17)24-21(25)18(20)12-15-6-4-3-5-7-15/h3-9,13-14H,10-12H2,1-2H3,(H,24,25). The molecule has 1 N–H and O–H groups in total. The van der Waals surface area contributed by atoms with Gasteiger partial charge in [-0.25, -0.2) is 4.79 Å². The summed E-state index contributed by atoms with van der Waals surface area (Å²) in [7, 11) is 0. The van der Waals surface area contributed by atoms with Crippen molar-refractivity contribution in [1.29, 1.82) is 0 Å². The topological polar surface area (TPSA) is 59.2 Å². The minimum Gasteiger partial charge on any atom is -0.462 e. The van der Waals surface area contributed by atoms with Crippen LogP contribution in [0.25, 0.3) is 10.9 Å². The number of H-pyrrole nitrogens is 1. The summed E-state index contributed by atoms with van der Waals surface area (Å²) in [5.74, 6) is -0.0631. The summed E-state index contributed by atoms with van der Waals surface area (Å²) in [6.45, 7) is 4.45. The molecule has 0 atom stereocenters. The van der Waals surface area contributed by atoms with E-state index in [4.69, 9.17) is 16.3 Å². The molecule has 0 amide bonds. The molecule has 0 saturated carbocycles. The summed E-state index contributed by atoms with van der Waals surface area (Å²) in [5, 5.41) is 1.10. The van der Waals surface area contributed by atoms with E-state index in [1.54, 1.807) is 18.2 Å². The van der Waals surface area contributed by atoms with Crippen molar-refractivity contribution in [1.82, 2.24) is 4.98 Å². The molecule has 3 aromatic rings. The molecule has 0 fully saturated rings. The van der Waals surface area contributed by atoms with Gasteiger partial charge < -0.3 is 9.72 Å². The summed E-state index contributed by atoms with van der Waals surface area (Å²) in [6, 6.07) is 14.7. The van der Waals surface area contributed by atoms with Crippen LogP contribution >= 0.6 is 11.6 Å². The Morgan fingerprint density at radius 2 is 1.89 bits per heavy atom. The zero-order valence-corrected chi connectivity index (χ0v) is 16.2. The Hall–Kier alpha value is -2.59. The summed E-state index contributed by atoms with van der Waals surface area (Å²) < 4.78 is 5.49. The van der Waals surface area contributed by atoms with Crippen LogP contribution in [-0.2, 0) is 11.2 Å². The van der Waals surface area contributed by atoms with Gasteiger partial charge in [0.15, 0.2) is 0 Å². The van der Waals surface area contributed by atoms with Crippen LogP contribution in [0.4, 0.5) is 0 Å². The maximum absolute atomic E-state index is 12.9. The number of carbonyl (C=O) groups is 1. The Kier molecular flexibility index (Phi) is 5.97. The molecule has 0 spiro atoms. The number of aromatic nitrogens is 1.